The van der Waals surface area contributed by atoms with Crippen LogP contribution in [-0.2, 0) is 20.6 Å². The molecule has 1 aromatic heterocycles. The summed E-state index contributed by atoms with van der Waals surface area (Å²) in [5.74, 6) is -0.324. The lowest BCUT2D eigenvalue weighted by Gasteiger charge is -2.25. The van der Waals surface area contributed by atoms with Crippen molar-refractivity contribution in [3.8, 4) is 0 Å². The number of halogens is 1. The molecule has 3 rings (SSSR count). The van der Waals surface area contributed by atoms with E-state index in [-0.39, 0.29) is 23.1 Å². The molecule has 2 aromatic rings. The minimum atomic E-state index is -0.526. The summed E-state index contributed by atoms with van der Waals surface area (Å²) in [6.45, 7) is 0.741. The largest absolute Gasteiger partial charge is 0.392 e. The predicted octanol–water partition coefficient (Wildman–Crippen LogP) is 0.531. The molecule has 7 heteroatoms. The number of aromatic nitrogens is 2. The van der Waals surface area contributed by atoms with Gasteiger partial charge in [0.1, 0.15) is 5.82 Å². The number of hydrogen-bond donors (Lipinski definition) is 1. The summed E-state index contributed by atoms with van der Waals surface area (Å²) in [5, 5.41) is 10.0. The first-order chi connectivity index (χ1) is 11.4. The van der Waals surface area contributed by atoms with Crippen LogP contribution in [0.1, 0.15) is 23.7 Å². The van der Waals surface area contributed by atoms with E-state index in [1.54, 1.807) is 13.1 Å². The summed E-state index contributed by atoms with van der Waals surface area (Å²) in [4.78, 5) is 25.9. The molecule has 0 spiro atoms. The Bertz CT molecular complexity index is 874. The second kappa shape index (κ2) is 6.33. The molecule has 0 saturated carbocycles. The van der Waals surface area contributed by atoms with Crippen molar-refractivity contribution >= 4 is 0 Å². The van der Waals surface area contributed by atoms with E-state index >= 15 is 0 Å². The van der Waals surface area contributed by atoms with Crippen LogP contribution >= 0.6 is 0 Å². The molecule has 2 heterocycles. The molecule has 6 nitrogen and oxygen atoms in total. The summed E-state index contributed by atoms with van der Waals surface area (Å²) in [6.07, 6.45) is -0.0377. The molecular weight excluding hydrogens is 313 g/mol. The van der Waals surface area contributed by atoms with Crippen molar-refractivity contribution in [1.29, 1.82) is 0 Å². The first kappa shape index (κ1) is 16.6. The van der Waals surface area contributed by atoms with Gasteiger partial charge in [0, 0.05) is 45.0 Å². The summed E-state index contributed by atoms with van der Waals surface area (Å²) >= 11 is 0. The molecule has 24 heavy (non-hydrogen) atoms. The van der Waals surface area contributed by atoms with Gasteiger partial charge in [-0.05, 0) is 24.1 Å². The lowest BCUT2D eigenvalue weighted by molar-refractivity contribution is 0.171. The Balaban J connectivity index is 1.94. The third-order valence-electron chi connectivity index (χ3n) is 4.61. The average molecular weight is 333 g/mol. The standard InChI is InChI=1S/C17H20FN3O3/c1-19-13(7-16(23)20(2)17(19)24)9-21-10-14(22)8-15(21)11-4-3-5-12(18)6-11/h3-7,14-15,22H,8-10H2,1-2H3/t14-,15+/m1/s1. The van der Waals surface area contributed by atoms with E-state index in [0.29, 0.717) is 25.2 Å². The summed E-state index contributed by atoms with van der Waals surface area (Å²) < 4.78 is 16.0. The highest BCUT2D eigenvalue weighted by molar-refractivity contribution is 5.22. The number of β-amino-alcohol motifs (C(OH)–C–C–N with tert-alkyl or cyclic N) is 1. The monoisotopic (exact) mass is 333 g/mol. The van der Waals surface area contributed by atoms with Crippen LogP contribution in [0.15, 0.2) is 39.9 Å². The maximum atomic E-state index is 13.5. The average Bonchev–Trinajstić information content (AvgIpc) is 2.91. The maximum Gasteiger partial charge on any atom is 0.330 e. The molecule has 1 aliphatic rings. The van der Waals surface area contributed by atoms with Gasteiger partial charge in [0.05, 0.1) is 6.10 Å². The zero-order chi connectivity index (χ0) is 17.4. The number of aliphatic hydroxyl groups is 1. The van der Waals surface area contributed by atoms with Crippen LogP contribution in [0.25, 0.3) is 0 Å². The number of rotatable bonds is 3. The van der Waals surface area contributed by atoms with Crippen LogP contribution in [0.5, 0.6) is 0 Å². The topological polar surface area (TPSA) is 67.5 Å². The summed E-state index contributed by atoms with van der Waals surface area (Å²) in [5.41, 5.74) is 0.591. The summed E-state index contributed by atoms with van der Waals surface area (Å²) in [7, 11) is 3.05. The van der Waals surface area contributed by atoms with Gasteiger partial charge in [-0.15, -0.1) is 0 Å². The second-order valence-corrected chi connectivity index (χ2v) is 6.26. The van der Waals surface area contributed by atoms with Crippen LogP contribution in [0.3, 0.4) is 0 Å². The van der Waals surface area contributed by atoms with Gasteiger partial charge in [0.2, 0.25) is 0 Å². The SMILES string of the molecule is Cn1c(CN2C[C@H](O)C[C@H]2c2cccc(F)c2)cc(=O)n(C)c1=O. The first-order valence-corrected chi connectivity index (χ1v) is 7.80. The molecule has 0 amide bonds. The molecule has 1 aliphatic heterocycles. The Morgan fingerprint density at radius 2 is 1.96 bits per heavy atom. The molecule has 0 bridgehead atoms. The van der Waals surface area contributed by atoms with Gasteiger partial charge in [-0.2, -0.15) is 0 Å². The number of nitrogens with zero attached hydrogens (tertiary/aromatic N) is 3. The zero-order valence-electron chi connectivity index (χ0n) is 13.6. The maximum absolute atomic E-state index is 13.5. The van der Waals surface area contributed by atoms with Crippen molar-refractivity contribution in [3.63, 3.8) is 0 Å². The normalized spacial score (nSPS) is 21.3. The molecule has 0 unspecified atom stereocenters. The minimum absolute atomic E-state index is 0.158. The van der Waals surface area contributed by atoms with Gasteiger partial charge in [0.25, 0.3) is 5.56 Å². The number of benzene rings is 1. The van der Waals surface area contributed by atoms with E-state index in [4.69, 9.17) is 0 Å². The Morgan fingerprint density at radius 1 is 1.21 bits per heavy atom. The Labute approximate surface area is 138 Å². The fourth-order valence-corrected chi connectivity index (χ4v) is 3.25. The van der Waals surface area contributed by atoms with E-state index in [1.165, 1.54) is 29.8 Å². The van der Waals surface area contributed by atoms with Gasteiger partial charge < -0.3 is 5.11 Å². The fourth-order valence-electron chi connectivity index (χ4n) is 3.25. The smallest absolute Gasteiger partial charge is 0.330 e. The number of likely N-dealkylation sites (tertiary alicyclic amines) is 1. The van der Waals surface area contributed by atoms with Gasteiger partial charge in [-0.1, -0.05) is 12.1 Å². The zero-order valence-corrected chi connectivity index (χ0v) is 13.6. The Hall–Kier alpha value is -2.25. The van der Waals surface area contributed by atoms with E-state index < -0.39 is 6.10 Å². The van der Waals surface area contributed by atoms with Crippen molar-refractivity contribution in [2.75, 3.05) is 6.54 Å². The predicted molar refractivity (Wildman–Crippen MR) is 87.1 cm³/mol. The van der Waals surface area contributed by atoms with Gasteiger partial charge in [-0.3, -0.25) is 18.8 Å². The molecule has 0 radical (unpaired) electrons. The summed E-state index contributed by atoms with van der Waals surface area (Å²) in [6, 6.07) is 7.57. The van der Waals surface area contributed by atoms with Crippen LogP contribution in [-0.4, -0.2) is 31.8 Å². The Kier molecular flexibility index (Phi) is 4.38. The van der Waals surface area contributed by atoms with Crippen molar-refractivity contribution in [3.05, 3.63) is 68.2 Å². The molecule has 1 saturated heterocycles. The third-order valence-corrected chi connectivity index (χ3v) is 4.61. The molecule has 0 aliphatic carbocycles. The number of hydrogen-bond acceptors (Lipinski definition) is 4. The van der Waals surface area contributed by atoms with Crippen molar-refractivity contribution in [1.82, 2.24) is 14.0 Å². The van der Waals surface area contributed by atoms with E-state index in [9.17, 15) is 19.1 Å². The van der Waals surface area contributed by atoms with Crippen LogP contribution < -0.4 is 11.2 Å². The molecule has 1 aromatic carbocycles. The quantitative estimate of drug-likeness (QED) is 0.890. The van der Waals surface area contributed by atoms with Crippen molar-refractivity contribution < 1.29 is 9.50 Å². The highest BCUT2D eigenvalue weighted by Gasteiger charge is 2.32. The van der Waals surface area contributed by atoms with Gasteiger partial charge in [-0.25, -0.2) is 9.18 Å². The van der Waals surface area contributed by atoms with Crippen molar-refractivity contribution in [2.24, 2.45) is 14.1 Å². The molecular formula is C17H20FN3O3. The fraction of sp³-hybridized carbons (Fsp3) is 0.412. The highest BCUT2D eigenvalue weighted by Crippen LogP contribution is 2.33. The highest BCUT2D eigenvalue weighted by atomic mass is 19.1. The van der Waals surface area contributed by atoms with Crippen LogP contribution in [0.2, 0.25) is 0 Å². The molecule has 1 fully saturated rings. The van der Waals surface area contributed by atoms with E-state index in [0.717, 1.165) is 10.1 Å². The van der Waals surface area contributed by atoms with E-state index in [2.05, 4.69) is 0 Å². The molecule has 2 atom stereocenters. The van der Waals surface area contributed by atoms with Gasteiger partial charge in [0.15, 0.2) is 0 Å². The van der Waals surface area contributed by atoms with E-state index in [1.807, 2.05) is 11.0 Å². The van der Waals surface area contributed by atoms with Gasteiger partial charge >= 0.3 is 5.69 Å². The van der Waals surface area contributed by atoms with Crippen molar-refractivity contribution in [2.45, 2.75) is 25.1 Å². The molecule has 128 valence electrons. The van der Waals surface area contributed by atoms with Crippen LogP contribution in [0.4, 0.5) is 4.39 Å². The lowest BCUT2D eigenvalue weighted by atomic mass is 10.0. The molecule has 1 N–H and O–H groups in total. The third kappa shape index (κ3) is 3.05. The Morgan fingerprint density at radius 3 is 2.67 bits per heavy atom. The second-order valence-electron chi connectivity index (χ2n) is 6.26. The number of aliphatic hydroxyl groups excluding tert-OH is 1. The van der Waals surface area contributed by atoms with Crippen LogP contribution in [0, 0.1) is 5.82 Å². The minimum Gasteiger partial charge on any atom is -0.392 e. The lowest BCUT2D eigenvalue weighted by Crippen LogP contribution is -2.39. The first-order valence-electron chi connectivity index (χ1n) is 7.80.